The Hall–Kier alpha value is -1.79. The van der Waals surface area contributed by atoms with E-state index in [-0.39, 0.29) is 23.8 Å². The molecule has 0 bridgehead atoms. The summed E-state index contributed by atoms with van der Waals surface area (Å²) in [6, 6.07) is 9.91. The Bertz CT molecular complexity index is 639. The number of hydrogen-bond donors (Lipinski definition) is 2. The Morgan fingerprint density at radius 3 is 2.70 bits per heavy atom. The summed E-state index contributed by atoms with van der Waals surface area (Å²) in [4.78, 5) is 12.4. The van der Waals surface area contributed by atoms with Crippen molar-refractivity contribution in [3.8, 4) is 0 Å². The molecule has 1 heterocycles. The van der Waals surface area contributed by atoms with E-state index >= 15 is 0 Å². The lowest BCUT2D eigenvalue weighted by atomic mass is 10.2. The molecule has 6 heteroatoms. The first-order valence-corrected chi connectivity index (χ1v) is 8.86. The summed E-state index contributed by atoms with van der Waals surface area (Å²) in [5, 5.41) is 16.6. The molecule has 5 nitrogen and oxygen atoms in total. The summed E-state index contributed by atoms with van der Waals surface area (Å²) in [5.41, 5.74) is 2.55. The molecular weight excluding hydrogens is 310 g/mol. The average Bonchev–Trinajstić information content (AvgIpc) is 2.90. The minimum atomic E-state index is -0.151. The molecule has 0 aliphatic carbocycles. The van der Waals surface area contributed by atoms with Gasteiger partial charge in [0.05, 0.1) is 24.9 Å². The van der Waals surface area contributed by atoms with E-state index in [2.05, 4.69) is 10.4 Å². The van der Waals surface area contributed by atoms with E-state index in [1.807, 2.05) is 55.1 Å². The predicted molar refractivity (Wildman–Crippen MR) is 93.8 cm³/mol. The van der Waals surface area contributed by atoms with Gasteiger partial charge in [-0.05, 0) is 25.7 Å². The molecular formula is C17H23N3O2S. The van der Waals surface area contributed by atoms with Gasteiger partial charge in [-0.25, -0.2) is 0 Å². The third kappa shape index (κ3) is 4.36. The zero-order chi connectivity index (χ0) is 16.8. The van der Waals surface area contributed by atoms with Gasteiger partial charge < -0.3 is 10.4 Å². The van der Waals surface area contributed by atoms with Crippen LogP contribution in [0.15, 0.2) is 36.5 Å². The van der Waals surface area contributed by atoms with E-state index in [1.165, 1.54) is 0 Å². The third-order valence-corrected chi connectivity index (χ3v) is 5.08. The molecule has 0 spiro atoms. The number of thioether (sulfide) groups is 1. The van der Waals surface area contributed by atoms with Crippen molar-refractivity contribution in [2.45, 2.75) is 31.7 Å². The van der Waals surface area contributed by atoms with Crippen molar-refractivity contribution in [3.05, 3.63) is 53.3 Å². The molecule has 1 aromatic heterocycles. The monoisotopic (exact) mass is 333 g/mol. The molecule has 1 amide bonds. The van der Waals surface area contributed by atoms with Crippen molar-refractivity contribution in [1.82, 2.24) is 15.1 Å². The Morgan fingerprint density at radius 1 is 1.39 bits per heavy atom. The second kappa shape index (κ2) is 8.17. The van der Waals surface area contributed by atoms with Gasteiger partial charge in [0.15, 0.2) is 0 Å². The van der Waals surface area contributed by atoms with Crippen LogP contribution >= 0.6 is 11.8 Å². The number of carbonyl (C=O) groups is 1. The van der Waals surface area contributed by atoms with E-state index in [1.54, 1.807) is 18.0 Å². The van der Waals surface area contributed by atoms with Crippen LogP contribution in [0, 0.1) is 6.92 Å². The van der Waals surface area contributed by atoms with Crippen molar-refractivity contribution in [3.63, 3.8) is 0 Å². The number of nitrogens with one attached hydrogen (secondary N) is 1. The highest BCUT2D eigenvalue weighted by Gasteiger charge is 2.20. The van der Waals surface area contributed by atoms with Crippen LogP contribution in [-0.4, -0.2) is 44.9 Å². The summed E-state index contributed by atoms with van der Waals surface area (Å²) in [5.74, 6) is -0.151. The van der Waals surface area contributed by atoms with E-state index in [4.69, 9.17) is 0 Å². The van der Waals surface area contributed by atoms with Gasteiger partial charge in [0.1, 0.15) is 0 Å². The van der Waals surface area contributed by atoms with Crippen LogP contribution in [0.2, 0.25) is 0 Å². The van der Waals surface area contributed by atoms with Crippen LogP contribution in [0.25, 0.3) is 0 Å². The molecule has 2 unspecified atom stereocenters. The number of amides is 1. The molecule has 2 rings (SSSR count). The van der Waals surface area contributed by atoms with Gasteiger partial charge in [-0.3, -0.25) is 9.48 Å². The first-order chi connectivity index (χ1) is 11.1. The Kier molecular flexibility index (Phi) is 6.24. The van der Waals surface area contributed by atoms with Crippen LogP contribution in [-0.2, 0) is 6.54 Å². The highest BCUT2D eigenvalue weighted by atomic mass is 32.2. The van der Waals surface area contributed by atoms with Crippen molar-refractivity contribution in [1.29, 1.82) is 0 Å². The van der Waals surface area contributed by atoms with Crippen molar-refractivity contribution >= 4 is 17.7 Å². The van der Waals surface area contributed by atoms with Gasteiger partial charge in [-0.2, -0.15) is 16.9 Å². The second-order valence-corrected chi connectivity index (χ2v) is 6.58. The lowest BCUT2D eigenvalue weighted by Crippen LogP contribution is -2.41. The standard InChI is InChI=1S/C17H23N3O2S/c1-12(16(11-21)23-3)19-17(22)15-9-18-20(13(15)2)10-14-7-5-4-6-8-14/h4-9,12,16,21H,10-11H2,1-3H3,(H,19,22). The van der Waals surface area contributed by atoms with Crippen LogP contribution < -0.4 is 5.32 Å². The van der Waals surface area contributed by atoms with Gasteiger partial charge in [0.25, 0.3) is 5.91 Å². The highest BCUT2D eigenvalue weighted by Crippen LogP contribution is 2.13. The largest absolute Gasteiger partial charge is 0.395 e. The third-order valence-electron chi connectivity index (χ3n) is 3.92. The maximum Gasteiger partial charge on any atom is 0.254 e. The fourth-order valence-corrected chi connectivity index (χ4v) is 3.02. The lowest BCUT2D eigenvalue weighted by molar-refractivity contribution is 0.0935. The molecule has 0 saturated carbocycles. The summed E-state index contributed by atoms with van der Waals surface area (Å²) in [6.45, 7) is 4.47. The van der Waals surface area contributed by atoms with E-state index in [0.717, 1.165) is 11.3 Å². The zero-order valence-electron chi connectivity index (χ0n) is 13.7. The number of hydrogen-bond acceptors (Lipinski definition) is 4. The SMILES string of the molecule is CSC(CO)C(C)NC(=O)c1cnn(Cc2ccccc2)c1C. The number of aliphatic hydroxyl groups is 1. The molecule has 124 valence electrons. The number of rotatable bonds is 7. The summed E-state index contributed by atoms with van der Waals surface area (Å²) < 4.78 is 1.83. The molecule has 0 radical (unpaired) electrons. The van der Waals surface area contributed by atoms with E-state index < -0.39 is 0 Å². The lowest BCUT2D eigenvalue weighted by Gasteiger charge is -2.21. The molecule has 0 aliphatic heterocycles. The maximum atomic E-state index is 12.4. The fraction of sp³-hybridized carbons (Fsp3) is 0.412. The van der Waals surface area contributed by atoms with Gasteiger partial charge in [-0.15, -0.1) is 0 Å². The topological polar surface area (TPSA) is 67.2 Å². The van der Waals surface area contributed by atoms with Gasteiger partial charge in [0.2, 0.25) is 0 Å². The maximum absolute atomic E-state index is 12.4. The quantitative estimate of drug-likeness (QED) is 0.814. The van der Waals surface area contributed by atoms with Crippen molar-refractivity contribution < 1.29 is 9.90 Å². The molecule has 0 fully saturated rings. The van der Waals surface area contributed by atoms with Gasteiger partial charge in [-0.1, -0.05) is 30.3 Å². The normalized spacial score (nSPS) is 13.6. The smallest absolute Gasteiger partial charge is 0.254 e. The fourth-order valence-electron chi connectivity index (χ4n) is 2.40. The van der Waals surface area contributed by atoms with Crippen LogP contribution in [0.3, 0.4) is 0 Å². The average molecular weight is 333 g/mol. The van der Waals surface area contributed by atoms with Crippen molar-refractivity contribution in [2.75, 3.05) is 12.9 Å². The molecule has 2 aromatic rings. The minimum Gasteiger partial charge on any atom is -0.395 e. The Morgan fingerprint density at radius 2 is 2.09 bits per heavy atom. The number of benzene rings is 1. The molecule has 2 N–H and O–H groups in total. The Labute approximate surface area is 141 Å². The van der Waals surface area contributed by atoms with Crippen molar-refractivity contribution in [2.24, 2.45) is 0 Å². The minimum absolute atomic E-state index is 0.0152. The summed E-state index contributed by atoms with van der Waals surface area (Å²) >= 11 is 1.54. The number of aromatic nitrogens is 2. The van der Waals surface area contributed by atoms with Gasteiger partial charge in [0, 0.05) is 17.0 Å². The first-order valence-electron chi connectivity index (χ1n) is 7.57. The molecule has 0 saturated heterocycles. The van der Waals surface area contributed by atoms with Crippen LogP contribution in [0.5, 0.6) is 0 Å². The van der Waals surface area contributed by atoms with Crippen LogP contribution in [0.4, 0.5) is 0 Å². The summed E-state index contributed by atoms with van der Waals surface area (Å²) in [6.07, 6.45) is 3.53. The molecule has 2 atom stereocenters. The zero-order valence-corrected chi connectivity index (χ0v) is 14.5. The van der Waals surface area contributed by atoms with E-state index in [9.17, 15) is 9.90 Å². The second-order valence-electron chi connectivity index (χ2n) is 5.51. The van der Waals surface area contributed by atoms with Crippen LogP contribution in [0.1, 0.15) is 28.5 Å². The molecule has 23 heavy (non-hydrogen) atoms. The van der Waals surface area contributed by atoms with E-state index in [0.29, 0.717) is 12.1 Å². The number of carbonyl (C=O) groups excluding carboxylic acids is 1. The first kappa shape index (κ1) is 17.6. The highest BCUT2D eigenvalue weighted by molar-refractivity contribution is 7.99. The number of aliphatic hydroxyl groups excluding tert-OH is 1. The predicted octanol–water partition coefficient (Wildman–Crippen LogP) is 2.08. The van der Waals surface area contributed by atoms with Gasteiger partial charge >= 0.3 is 0 Å². The summed E-state index contributed by atoms with van der Waals surface area (Å²) in [7, 11) is 0. The molecule has 1 aromatic carbocycles. The molecule has 0 aliphatic rings. The number of nitrogens with zero attached hydrogens (tertiary/aromatic N) is 2. The Balaban J connectivity index is 2.08.